The lowest BCUT2D eigenvalue weighted by molar-refractivity contribution is 0.201. The Bertz CT molecular complexity index is 674. The van der Waals surface area contributed by atoms with Crippen molar-refractivity contribution in [1.82, 2.24) is 9.88 Å². The molecule has 2 fully saturated rings. The van der Waals surface area contributed by atoms with Crippen LogP contribution in [-0.4, -0.2) is 35.0 Å². The fourth-order valence-corrected chi connectivity index (χ4v) is 3.11. The highest BCUT2D eigenvalue weighted by molar-refractivity contribution is 5.89. The van der Waals surface area contributed by atoms with Gasteiger partial charge in [-0.1, -0.05) is 0 Å². The number of urea groups is 1. The molecule has 0 spiro atoms. The molecule has 1 saturated heterocycles. The van der Waals surface area contributed by atoms with E-state index in [0.717, 1.165) is 43.2 Å². The van der Waals surface area contributed by atoms with Gasteiger partial charge in [0.2, 0.25) is 0 Å². The molecule has 1 saturated carbocycles. The van der Waals surface area contributed by atoms with Crippen LogP contribution >= 0.6 is 0 Å². The van der Waals surface area contributed by atoms with E-state index in [1.807, 2.05) is 29.2 Å². The number of aromatic nitrogens is 1. The van der Waals surface area contributed by atoms with Gasteiger partial charge in [0.15, 0.2) is 0 Å². The fraction of sp³-hybridized carbons (Fsp3) is 0.444. The van der Waals surface area contributed by atoms with E-state index in [-0.39, 0.29) is 6.03 Å². The maximum atomic E-state index is 12.6. The summed E-state index contributed by atoms with van der Waals surface area (Å²) in [6.45, 7) is 2.64. The average molecular weight is 326 g/mol. The molecule has 6 heteroatoms. The topological polar surface area (TPSA) is 61.6 Å². The smallest absolute Gasteiger partial charge is 0.322 e. The molecular formula is C18H22N4O2. The molecule has 4 rings (SSSR count). The summed E-state index contributed by atoms with van der Waals surface area (Å²) in [5.74, 6) is 1.79. The largest absolute Gasteiger partial charge is 0.467 e. The number of rotatable bonds is 5. The van der Waals surface area contributed by atoms with Gasteiger partial charge in [-0.05, 0) is 49.9 Å². The summed E-state index contributed by atoms with van der Waals surface area (Å²) in [7, 11) is 0. The van der Waals surface area contributed by atoms with Gasteiger partial charge >= 0.3 is 6.03 Å². The number of pyridine rings is 1. The number of furan rings is 1. The Balaban J connectivity index is 1.40. The predicted molar refractivity (Wildman–Crippen MR) is 92.0 cm³/mol. The Labute approximate surface area is 141 Å². The van der Waals surface area contributed by atoms with Crippen molar-refractivity contribution in [3.05, 3.63) is 42.5 Å². The van der Waals surface area contributed by atoms with Gasteiger partial charge in [-0.15, -0.1) is 0 Å². The molecule has 0 unspecified atom stereocenters. The molecule has 0 aromatic carbocycles. The lowest BCUT2D eigenvalue weighted by Gasteiger charge is -2.22. The van der Waals surface area contributed by atoms with Crippen molar-refractivity contribution < 1.29 is 9.21 Å². The number of carbonyl (C=O) groups is 1. The van der Waals surface area contributed by atoms with Crippen LogP contribution in [0.2, 0.25) is 0 Å². The molecule has 2 amide bonds. The monoisotopic (exact) mass is 326 g/mol. The highest BCUT2D eigenvalue weighted by atomic mass is 16.3. The van der Waals surface area contributed by atoms with Gasteiger partial charge in [-0.2, -0.15) is 0 Å². The number of hydrogen-bond acceptors (Lipinski definition) is 4. The zero-order chi connectivity index (χ0) is 16.4. The van der Waals surface area contributed by atoms with Crippen LogP contribution in [0.15, 0.2) is 41.1 Å². The minimum absolute atomic E-state index is 0.0929. The molecule has 2 aliphatic rings. The molecule has 126 valence electrons. The van der Waals surface area contributed by atoms with Crippen LogP contribution in [0.1, 0.15) is 31.4 Å². The van der Waals surface area contributed by atoms with Gasteiger partial charge in [0.1, 0.15) is 11.6 Å². The Morgan fingerprint density at radius 3 is 2.75 bits per heavy atom. The fourth-order valence-electron chi connectivity index (χ4n) is 3.11. The Morgan fingerprint density at radius 2 is 2.12 bits per heavy atom. The van der Waals surface area contributed by atoms with Crippen molar-refractivity contribution in [2.75, 3.05) is 23.3 Å². The molecule has 2 aromatic heterocycles. The molecule has 0 atom stereocenters. The van der Waals surface area contributed by atoms with Crippen molar-refractivity contribution in [3.63, 3.8) is 0 Å². The molecular weight excluding hydrogens is 304 g/mol. The first-order valence-corrected chi connectivity index (χ1v) is 8.60. The minimum atomic E-state index is -0.0929. The third kappa shape index (κ3) is 3.37. The van der Waals surface area contributed by atoms with Crippen molar-refractivity contribution >= 4 is 17.5 Å². The number of anilines is 2. The molecule has 0 radical (unpaired) electrons. The summed E-state index contributed by atoms with van der Waals surface area (Å²) >= 11 is 0. The van der Waals surface area contributed by atoms with E-state index in [4.69, 9.17) is 4.42 Å². The first-order chi connectivity index (χ1) is 11.8. The molecule has 24 heavy (non-hydrogen) atoms. The van der Waals surface area contributed by atoms with E-state index in [9.17, 15) is 4.79 Å². The van der Waals surface area contributed by atoms with Crippen molar-refractivity contribution in [1.29, 1.82) is 0 Å². The van der Waals surface area contributed by atoms with Crippen LogP contribution in [0.5, 0.6) is 0 Å². The first kappa shape index (κ1) is 15.1. The lowest BCUT2D eigenvalue weighted by Crippen LogP contribution is -2.36. The van der Waals surface area contributed by atoms with Gasteiger partial charge in [-0.25, -0.2) is 9.78 Å². The van der Waals surface area contributed by atoms with Crippen molar-refractivity contribution in [3.8, 4) is 0 Å². The minimum Gasteiger partial charge on any atom is -0.467 e. The molecule has 2 aromatic rings. The molecule has 0 bridgehead atoms. The zero-order valence-corrected chi connectivity index (χ0v) is 13.6. The summed E-state index contributed by atoms with van der Waals surface area (Å²) in [6.07, 6.45) is 7.94. The summed E-state index contributed by atoms with van der Waals surface area (Å²) in [5, 5.41) is 2.96. The SMILES string of the molecule is O=C(Nc1ccc(N2CCCC2)nc1)N(Cc1ccco1)C1CC1. The van der Waals surface area contributed by atoms with Crippen molar-refractivity contribution in [2.45, 2.75) is 38.3 Å². The second kappa shape index (κ2) is 6.55. The summed E-state index contributed by atoms with van der Waals surface area (Å²) in [6, 6.07) is 7.87. The summed E-state index contributed by atoms with van der Waals surface area (Å²) in [4.78, 5) is 21.2. The van der Waals surface area contributed by atoms with Crippen LogP contribution in [0.3, 0.4) is 0 Å². The van der Waals surface area contributed by atoms with Crippen LogP contribution < -0.4 is 10.2 Å². The Hall–Kier alpha value is -2.50. The van der Waals surface area contributed by atoms with E-state index in [0.29, 0.717) is 12.6 Å². The Kier molecular flexibility index (Phi) is 4.11. The van der Waals surface area contributed by atoms with Crippen LogP contribution in [0, 0.1) is 0 Å². The second-order valence-corrected chi connectivity index (χ2v) is 6.47. The average Bonchev–Trinajstić information content (AvgIpc) is 3.08. The molecule has 3 heterocycles. The highest BCUT2D eigenvalue weighted by Gasteiger charge is 2.33. The van der Waals surface area contributed by atoms with E-state index < -0.39 is 0 Å². The van der Waals surface area contributed by atoms with Gasteiger partial charge in [0, 0.05) is 19.1 Å². The van der Waals surface area contributed by atoms with Crippen LogP contribution in [-0.2, 0) is 6.54 Å². The van der Waals surface area contributed by atoms with E-state index >= 15 is 0 Å². The number of hydrogen-bond donors (Lipinski definition) is 1. The van der Waals surface area contributed by atoms with Crippen LogP contribution in [0.25, 0.3) is 0 Å². The molecule has 6 nitrogen and oxygen atoms in total. The maximum absolute atomic E-state index is 12.6. The zero-order valence-electron chi connectivity index (χ0n) is 13.6. The molecule has 1 aliphatic heterocycles. The van der Waals surface area contributed by atoms with E-state index in [2.05, 4.69) is 15.2 Å². The first-order valence-electron chi connectivity index (χ1n) is 8.60. The van der Waals surface area contributed by atoms with E-state index in [1.54, 1.807) is 12.5 Å². The number of amides is 2. The van der Waals surface area contributed by atoms with Gasteiger partial charge in [0.05, 0.1) is 24.7 Å². The number of carbonyl (C=O) groups excluding carboxylic acids is 1. The summed E-state index contributed by atoms with van der Waals surface area (Å²) in [5.41, 5.74) is 0.730. The number of nitrogens with zero attached hydrogens (tertiary/aromatic N) is 3. The standard InChI is InChI=1S/C18H22N4O2/c23-18(22(15-6-7-15)13-16-4-3-11-24-16)20-14-5-8-17(19-12-14)21-9-1-2-10-21/h3-5,8,11-12,15H,1-2,6-7,9-10,13H2,(H,20,23). The number of nitrogens with one attached hydrogen (secondary N) is 1. The van der Waals surface area contributed by atoms with E-state index in [1.165, 1.54) is 12.8 Å². The predicted octanol–water partition coefficient (Wildman–Crippen LogP) is 3.47. The second-order valence-electron chi connectivity index (χ2n) is 6.47. The summed E-state index contributed by atoms with van der Waals surface area (Å²) < 4.78 is 5.38. The van der Waals surface area contributed by atoms with Gasteiger partial charge in [-0.3, -0.25) is 0 Å². The third-order valence-electron chi connectivity index (χ3n) is 4.58. The molecule has 1 aliphatic carbocycles. The lowest BCUT2D eigenvalue weighted by atomic mass is 10.3. The van der Waals surface area contributed by atoms with Crippen molar-refractivity contribution in [2.24, 2.45) is 0 Å². The van der Waals surface area contributed by atoms with Gasteiger partial charge in [0.25, 0.3) is 0 Å². The van der Waals surface area contributed by atoms with Crippen LogP contribution in [0.4, 0.5) is 16.3 Å². The maximum Gasteiger partial charge on any atom is 0.322 e. The van der Waals surface area contributed by atoms with Gasteiger partial charge < -0.3 is 19.5 Å². The quantitative estimate of drug-likeness (QED) is 0.914. The third-order valence-corrected chi connectivity index (χ3v) is 4.58. The molecule has 1 N–H and O–H groups in total. The highest BCUT2D eigenvalue weighted by Crippen LogP contribution is 2.29. The normalized spacial score (nSPS) is 17.1. The Morgan fingerprint density at radius 1 is 1.29 bits per heavy atom.